The SMILES string of the molecule is O=C(NCCCOc1ccccc1)c1cc(-c2ccncc2)nc2ccccc12. The summed E-state index contributed by atoms with van der Waals surface area (Å²) < 4.78 is 5.67. The van der Waals surface area contributed by atoms with Crippen molar-refractivity contribution in [3.05, 3.63) is 90.8 Å². The minimum atomic E-state index is -0.112. The fraction of sp³-hybridized carbons (Fsp3) is 0.125. The fourth-order valence-corrected chi connectivity index (χ4v) is 3.11. The lowest BCUT2D eigenvalue weighted by Crippen LogP contribution is -2.26. The molecule has 0 saturated carbocycles. The van der Waals surface area contributed by atoms with Gasteiger partial charge < -0.3 is 10.1 Å². The van der Waals surface area contributed by atoms with Crippen molar-refractivity contribution >= 4 is 16.8 Å². The van der Waals surface area contributed by atoms with E-state index in [-0.39, 0.29) is 5.91 Å². The summed E-state index contributed by atoms with van der Waals surface area (Å²) in [5.74, 6) is 0.722. The Kier molecular flexibility index (Phi) is 5.76. The number of nitrogens with one attached hydrogen (secondary N) is 1. The molecule has 5 heteroatoms. The highest BCUT2D eigenvalue weighted by Crippen LogP contribution is 2.24. The zero-order valence-corrected chi connectivity index (χ0v) is 15.9. The van der Waals surface area contributed by atoms with Gasteiger partial charge in [-0.25, -0.2) is 4.98 Å². The Morgan fingerprint density at radius 1 is 0.931 bits per heavy atom. The van der Waals surface area contributed by atoms with E-state index < -0.39 is 0 Å². The van der Waals surface area contributed by atoms with Gasteiger partial charge in [0.15, 0.2) is 0 Å². The van der Waals surface area contributed by atoms with Gasteiger partial charge in [0.1, 0.15) is 5.75 Å². The molecule has 29 heavy (non-hydrogen) atoms. The molecular formula is C24H21N3O2. The van der Waals surface area contributed by atoms with Gasteiger partial charge in [0.2, 0.25) is 0 Å². The van der Waals surface area contributed by atoms with E-state index in [2.05, 4.69) is 10.3 Å². The van der Waals surface area contributed by atoms with Crippen molar-refractivity contribution in [1.29, 1.82) is 0 Å². The van der Waals surface area contributed by atoms with E-state index in [0.29, 0.717) is 18.7 Å². The highest BCUT2D eigenvalue weighted by atomic mass is 16.5. The van der Waals surface area contributed by atoms with E-state index in [0.717, 1.165) is 34.3 Å². The van der Waals surface area contributed by atoms with Gasteiger partial charge in [-0.05, 0) is 42.8 Å². The molecule has 1 amide bonds. The Balaban J connectivity index is 1.46. The largest absolute Gasteiger partial charge is 0.494 e. The minimum Gasteiger partial charge on any atom is -0.494 e. The molecule has 0 bridgehead atoms. The van der Waals surface area contributed by atoms with E-state index in [1.165, 1.54) is 0 Å². The van der Waals surface area contributed by atoms with Gasteiger partial charge in [-0.3, -0.25) is 9.78 Å². The number of aromatic nitrogens is 2. The Bertz CT molecular complexity index is 1100. The van der Waals surface area contributed by atoms with Crippen LogP contribution < -0.4 is 10.1 Å². The number of amides is 1. The lowest BCUT2D eigenvalue weighted by atomic mass is 10.0. The molecule has 4 rings (SSSR count). The highest BCUT2D eigenvalue weighted by molar-refractivity contribution is 6.07. The molecule has 0 aliphatic heterocycles. The Labute approximate surface area is 169 Å². The Morgan fingerprint density at radius 3 is 2.52 bits per heavy atom. The first-order valence-corrected chi connectivity index (χ1v) is 9.57. The summed E-state index contributed by atoms with van der Waals surface area (Å²) in [6.07, 6.45) is 4.16. The molecule has 2 aromatic heterocycles. The molecule has 5 nitrogen and oxygen atoms in total. The average molecular weight is 383 g/mol. The average Bonchev–Trinajstić information content (AvgIpc) is 2.79. The first-order chi connectivity index (χ1) is 14.3. The standard InChI is InChI=1S/C24H21N3O2/c28-24(26-13-6-16-29-19-7-2-1-3-8-19)21-17-23(18-11-14-25-15-12-18)27-22-10-5-4-9-20(21)22/h1-5,7-12,14-15,17H,6,13,16H2,(H,26,28). The van der Waals surface area contributed by atoms with Crippen molar-refractivity contribution in [1.82, 2.24) is 15.3 Å². The molecule has 2 aromatic carbocycles. The molecule has 0 saturated heterocycles. The number of nitrogens with zero attached hydrogens (tertiary/aromatic N) is 2. The van der Waals surface area contributed by atoms with E-state index in [1.54, 1.807) is 12.4 Å². The van der Waals surface area contributed by atoms with Crippen LogP contribution in [0.4, 0.5) is 0 Å². The molecule has 0 spiro atoms. The van der Waals surface area contributed by atoms with Gasteiger partial charge in [0.25, 0.3) is 5.91 Å². The number of pyridine rings is 2. The lowest BCUT2D eigenvalue weighted by molar-refractivity contribution is 0.0953. The van der Waals surface area contributed by atoms with Crippen molar-refractivity contribution in [2.45, 2.75) is 6.42 Å². The van der Waals surface area contributed by atoms with Gasteiger partial charge in [0.05, 0.1) is 23.4 Å². The van der Waals surface area contributed by atoms with Crippen molar-refractivity contribution < 1.29 is 9.53 Å². The maximum atomic E-state index is 12.9. The van der Waals surface area contributed by atoms with E-state index >= 15 is 0 Å². The van der Waals surface area contributed by atoms with Crippen molar-refractivity contribution in [2.75, 3.05) is 13.2 Å². The molecule has 0 aliphatic rings. The third-order valence-corrected chi connectivity index (χ3v) is 4.56. The summed E-state index contributed by atoms with van der Waals surface area (Å²) in [5.41, 5.74) is 3.09. The van der Waals surface area contributed by atoms with Crippen LogP contribution in [0.3, 0.4) is 0 Å². The molecule has 0 aliphatic carbocycles. The van der Waals surface area contributed by atoms with Crippen LogP contribution in [-0.2, 0) is 0 Å². The highest BCUT2D eigenvalue weighted by Gasteiger charge is 2.13. The van der Waals surface area contributed by atoms with Crippen LogP contribution in [-0.4, -0.2) is 29.0 Å². The molecule has 0 fully saturated rings. The number of fused-ring (bicyclic) bond motifs is 1. The first kappa shape index (κ1) is 18.6. The second-order valence-corrected chi connectivity index (χ2v) is 6.58. The summed E-state index contributed by atoms with van der Waals surface area (Å²) in [7, 11) is 0. The van der Waals surface area contributed by atoms with Crippen LogP contribution in [0.25, 0.3) is 22.2 Å². The monoisotopic (exact) mass is 383 g/mol. The zero-order valence-electron chi connectivity index (χ0n) is 15.9. The van der Waals surface area contributed by atoms with Crippen LogP contribution in [0, 0.1) is 0 Å². The van der Waals surface area contributed by atoms with Crippen molar-refractivity contribution in [3.8, 4) is 17.0 Å². The number of ether oxygens (including phenoxy) is 1. The predicted molar refractivity (Wildman–Crippen MR) is 114 cm³/mol. The number of rotatable bonds is 7. The second kappa shape index (κ2) is 8.97. The van der Waals surface area contributed by atoms with Crippen LogP contribution in [0.1, 0.15) is 16.8 Å². The summed E-state index contributed by atoms with van der Waals surface area (Å²) in [6.45, 7) is 1.08. The summed E-state index contributed by atoms with van der Waals surface area (Å²) >= 11 is 0. The quantitative estimate of drug-likeness (QED) is 0.478. The van der Waals surface area contributed by atoms with E-state index in [1.807, 2.05) is 72.8 Å². The van der Waals surface area contributed by atoms with Gasteiger partial charge in [-0.15, -0.1) is 0 Å². The number of benzene rings is 2. The number of carbonyl (C=O) groups excluding carboxylic acids is 1. The third-order valence-electron chi connectivity index (χ3n) is 4.56. The van der Waals surface area contributed by atoms with E-state index in [4.69, 9.17) is 9.72 Å². The van der Waals surface area contributed by atoms with Crippen LogP contribution in [0.15, 0.2) is 85.2 Å². The molecule has 0 radical (unpaired) electrons. The summed E-state index contributed by atoms with van der Waals surface area (Å²) in [4.78, 5) is 21.6. The molecule has 0 atom stereocenters. The second-order valence-electron chi connectivity index (χ2n) is 6.58. The molecule has 2 heterocycles. The Hall–Kier alpha value is -3.73. The third kappa shape index (κ3) is 4.58. The summed E-state index contributed by atoms with van der Waals surface area (Å²) in [6, 6.07) is 23.0. The molecule has 0 unspecified atom stereocenters. The number of para-hydroxylation sites is 2. The fourth-order valence-electron chi connectivity index (χ4n) is 3.11. The van der Waals surface area contributed by atoms with Gasteiger partial charge in [-0.2, -0.15) is 0 Å². The van der Waals surface area contributed by atoms with Crippen LogP contribution in [0.5, 0.6) is 5.75 Å². The maximum Gasteiger partial charge on any atom is 0.252 e. The predicted octanol–water partition coefficient (Wildman–Crippen LogP) is 4.50. The Morgan fingerprint density at radius 2 is 1.69 bits per heavy atom. The zero-order chi connectivity index (χ0) is 19.9. The summed E-state index contributed by atoms with van der Waals surface area (Å²) in [5, 5.41) is 3.83. The van der Waals surface area contributed by atoms with Gasteiger partial charge >= 0.3 is 0 Å². The molecular weight excluding hydrogens is 362 g/mol. The lowest BCUT2D eigenvalue weighted by Gasteiger charge is -2.11. The van der Waals surface area contributed by atoms with Crippen LogP contribution in [0.2, 0.25) is 0 Å². The number of hydrogen-bond donors (Lipinski definition) is 1. The number of hydrogen-bond acceptors (Lipinski definition) is 4. The first-order valence-electron chi connectivity index (χ1n) is 9.57. The normalized spacial score (nSPS) is 10.6. The number of carbonyl (C=O) groups is 1. The minimum absolute atomic E-state index is 0.112. The van der Waals surface area contributed by atoms with Gasteiger partial charge in [-0.1, -0.05) is 36.4 Å². The van der Waals surface area contributed by atoms with Crippen molar-refractivity contribution in [3.63, 3.8) is 0 Å². The molecule has 4 aromatic rings. The topological polar surface area (TPSA) is 64.1 Å². The van der Waals surface area contributed by atoms with E-state index in [9.17, 15) is 4.79 Å². The van der Waals surface area contributed by atoms with Crippen molar-refractivity contribution in [2.24, 2.45) is 0 Å². The molecule has 1 N–H and O–H groups in total. The van der Waals surface area contributed by atoms with Crippen LogP contribution >= 0.6 is 0 Å². The van der Waals surface area contributed by atoms with Gasteiger partial charge in [0, 0.05) is 29.9 Å². The smallest absolute Gasteiger partial charge is 0.252 e. The maximum absolute atomic E-state index is 12.9. The molecule has 144 valence electrons.